The highest BCUT2D eigenvalue weighted by atomic mass is 19.3. The lowest BCUT2D eigenvalue weighted by molar-refractivity contribution is -0.126. The highest BCUT2D eigenvalue weighted by molar-refractivity contribution is 5.87. The van der Waals surface area contributed by atoms with Gasteiger partial charge < -0.3 is 26.0 Å². The van der Waals surface area contributed by atoms with Gasteiger partial charge in [-0.25, -0.2) is 13.6 Å². The normalized spacial score (nSPS) is 26.0. The Bertz CT molecular complexity index is 623. The van der Waals surface area contributed by atoms with Gasteiger partial charge in [-0.15, -0.1) is 0 Å². The summed E-state index contributed by atoms with van der Waals surface area (Å²) in [4.78, 5) is 26.6. The fraction of sp³-hybridized carbons (Fsp3) is 0.895. The first-order valence-corrected chi connectivity index (χ1v) is 10.0. The van der Waals surface area contributed by atoms with E-state index in [2.05, 4.69) is 24.5 Å². The van der Waals surface area contributed by atoms with E-state index in [0.29, 0.717) is 38.8 Å². The summed E-state index contributed by atoms with van der Waals surface area (Å²) in [5.41, 5.74) is 4.67. The van der Waals surface area contributed by atoms with Crippen LogP contribution < -0.4 is 16.4 Å². The van der Waals surface area contributed by atoms with E-state index >= 15 is 0 Å². The van der Waals surface area contributed by atoms with Crippen molar-refractivity contribution in [2.24, 2.45) is 5.73 Å². The molecule has 3 fully saturated rings. The van der Waals surface area contributed by atoms with Crippen molar-refractivity contribution in [2.75, 3.05) is 13.1 Å². The summed E-state index contributed by atoms with van der Waals surface area (Å²) in [5.74, 6) is -3.75. The Morgan fingerprint density at radius 1 is 1.14 bits per heavy atom. The standard InChI is InChI=1S/C19H32F2N4O3/c1-16(2)4-5-18(28-16)8-10-25(11-9-18)15(27)23-13(12-17(3,20)21)14(26)24-19(22)6-7-19/h13H,4-12,22H2,1-3H3,(H,23,27)(H,24,26)/t13-/m0/s1. The Balaban J connectivity index is 1.57. The Morgan fingerprint density at radius 2 is 1.75 bits per heavy atom. The lowest BCUT2D eigenvalue weighted by Gasteiger charge is -2.40. The number of hydrogen-bond donors (Lipinski definition) is 3. The molecule has 1 saturated carbocycles. The number of alkyl halides is 2. The summed E-state index contributed by atoms with van der Waals surface area (Å²) in [6.45, 7) is 5.82. The van der Waals surface area contributed by atoms with Crippen LogP contribution in [0.1, 0.15) is 65.7 Å². The molecule has 0 bridgehead atoms. The largest absolute Gasteiger partial charge is 0.369 e. The zero-order chi connectivity index (χ0) is 20.8. The number of ether oxygens (including phenoxy) is 1. The molecule has 0 aromatic carbocycles. The fourth-order valence-corrected chi connectivity index (χ4v) is 4.09. The van der Waals surface area contributed by atoms with Crippen molar-refractivity contribution in [1.29, 1.82) is 0 Å². The Kier molecular flexibility index (Phi) is 5.38. The third-order valence-electron chi connectivity index (χ3n) is 5.97. The summed E-state index contributed by atoms with van der Waals surface area (Å²) >= 11 is 0. The van der Waals surface area contributed by atoms with Crippen LogP contribution in [0.3, 0.4) is 0 Å². The number of urea groups is 1. The number of nitrogens with two attached hydrogens (primary N) is 1. The molecule has 28 heavy (non-hydrogen) atoms. The van der Waals surface area contributed by atoms with Crippen molar-refractivity contribution < 1.29 is 23.1 Å². The van der Waals surface area contributed by atoms with Gasteiger partial charge in [-0.2, -0.15) is 0 Å². The highest BCUT2D eigenvalue weighted by Gasteiger charge is 2.47. The number of piperidine rings is 1. The molecule has 0 aromatic rings. The Hall–Kier alpha value is -1.48. The molecule has 3 rings (SSSR count). The first kappa shape index (κ1) is 21.2. The number of carbonyl (C=O) groups excluding carboxylic acids is 2. The molecule has 2 saturated heterocycles. The lowest BCUT2D eigenvalue weighted by Crippen LogP contribution is -2.58. The summed E-state index contributed by atoms with van der Waals surface area (Å²) in [6, 6.07) is -1.83. The van der Waals surface area contributed by atoms with Gasteiger partial charge in [0.05, 0.1) is 16.9 Å². The van der Waals surface area contributed by atoms with E-state index in [1.54, 1.807) is 4.90 Å². The van der Waals surface area contributed by atoms with E-state index in [4.69, 9.17) is 10.5 Å². The molecule has 0 aromatic heterocycles. The van der Waals surface area contributed by atoms with E-state index < -0.39 is 36.0 Å². The third-order valence-corrected chi connectivity index (χ3v) is 5.97. The van der Waals surface area contributed by atoms with Gasteiger partial charge in [-0.05, 0) is 59.3 Å². The van der Waals surface area contributed by atoms with Crippen molar-refractivity contribution in [3.05, 3.63) is 0 Å². The van der Waals surface area contributed by atoms with E-state index in [1.165, 1.54) is 0 Å². The molecular weight excluding hydrogens is 370 g/mol. The van der Waals surface area contributed by atoms with Crippen LogP contribution in [0.15, 0.2) is 0 Å². The van der Waals surface area contributed by atoms with Crippen molar-refractivity contribution in [2.45, 2.75) is 94.5 Å². The molecule has 3 aliphatic rings. The maximum atomic E-state index is 13.6. The van der Waals surface area contributed by atoms with Crippen molar-refractivity contribution in [3.8, 4) is 0 Å². The average Bonchev–Trinajstić information content (AvgIpc) is 3.20. The second kappa shape index (κ2) is 7.09. The van der Waals surface area contributed by atoms with Gasteiger partial charge >= 0.3 is 6.03 Å². The predicted molar refractivity (Wildman–Crippen MR) is 99.8 cm³/mol. The minimum Gasteiger partial charge on any atom is -0.369 e. The minimum absolute atomic E-state index is 0.151. The zero-order valence-electron chi connectivity index (χ0n) is 16.9. The molecule has 7 nitrogen and oxygen atoms in total. The molecule has 1 atom stereocenters. The van der Waals surface area contributed by atoms with Crippen molar-refractivity contribution >= 4 is 11.9 Å². The molecule has 2 aliphatic heterocycles. The first-order valence-electron chi connectivity index (χ1n) is 10.0. The molecule has 160 valence electrons. The van der Waals surface area contributed by atoms with Gasteiger partial charge in [0.1, 0.15) is 6.04 Å². The third kappa shape index (κ3) is 5.31. The number of halogens is 2. The summed E-state index contributed by atoms with van der Waals surface area (Å²) in [7, 11) is 0. The predicted octanol–water partition coefficient (Wildman–Crippen LogP) is 2.10. The molecule has 1 aliphatic carbocycles. The minimum atomic E-state index is -3.09. The quantitative estimate of drug-likeness (QED) is 0.614. The maximum absolute atomic E-state index is 13.6. The van der Waals surface area contributed by atoms with E-state index in [0.717, 1.165) is 19.8 Å². The fourth-order valence-electron chi connectivity index (χ4n) is 4.09. The van der Waals surface area contributed by atoms with Gasteiger partial charge in [0.2, 0.25) is 11.8 Å². The summed E-state index contributed by atoms with van der Waals surface area (Å²) in [6.07, 6.45) is 3.79. The number of amides is 3. The number of carbonyl (C=O) groups is 2. The summed E-state index contributed by atoms with van der Waals surface area (Å²) in [5, 5.41) is 5.05. The molecule has 3 amide bonds. The van der Waals surface area contributed by atoms with E-state index in [9.17, 15) is 18.4 Å². The number of nitrogens with zero attached hydrogens (tertiary/aromatic N) is 1. The molecule has 1 spiro atoms. The Morgan fingerprint density at radius 3 is 2.21 bits per heavy atom. The summed E-state index contributed by atoms with van der Waals surface area (Å²) < 4.78 is 33.3. The average molecular weight is 402 g/mol. The van der Waals surface area contributed by atoms with Crippen LogP contribution in [0.4, 0.5) is 13.6 Å². The second-order valence-corrected chi connectivity index (χ2v) is 9.45. The van der Waals surface area contributed by atoms with Gasteiger partial charge in [0.25, 0.3) is 0 Å². The van der Waals surface area contributed by atoms with Crippen LogP contribution in [0, 0.1) is 0 Å². The SMILES string of the molecule is CC(F)(F)C[C@H](NC(=O)N1CCC2(CC1)CCC(C)(C)O2)C(=O)NC1(N)CC1. The highest BCUT2D eigenvalue weighted by Crippen LogP contribution is 2.43. The van der Waals surface area contributed by atoms with Crippen molar-refractivity contribution in [1.82, 2.24) is 15.5 Å². The molecule has 2 heterocycles. The molecule has 9 heteroatoms. The van der Waals surface area contributed by atoms with Crippen LogP contribution in [0.2, 0.25) is 0 Å². The number of rotatable bonds is 5. The smallest absolute Gasteiger partial charge is 0.318 e. The topological polar surface area (TPSA) is 96.7 Å². The Labute approximate surface area is 164 Å². The van der Waals surface area contributed by atoms with E-state index in [1.807, 2.05) is 0 Å². The van der Waals surface area contributed by atoms with Crippen LogP contribution >= 0.6 is 0 Å². The van der Waals surface area contributed by atoms with Crippen LogP contribution in [-0.4, -0.2) is 58.8 Å². The van der Waals surface area contributed by atoms with Gasteiger partial charge in [0, 0.05) is 19.5 Å². The number of hydrogen-bond acceptors (Lipinski definition) is 4. The molecule has 0 unspecified atom stereocenters. The molecular formula is C19H32F2N4O3. The van der Waals surface area contributed by atoms with Crippen LogP contribution in [0.5, 0.6) is 0 Å². The van der Waals surface area contributed by atoms with Gasteiger partial charge in [-0.1, -0.05) is 0 Å². The molecule has 0 radical (unpaired) electrons. The van der Waals surface area contributed by atoms with Gasteiger partial charge in [-0.3, -0.25) is 4.79 Å². The van der Waals surface area contributed by atoms with E-state index in [-0.39, 0.29) is 11.2 Å². The van der Waals surface area contributed by atoms with Crippen molar-refractivity contribution in [3.63, 3.8) is 0 Å². The van der Waals surface area contributed by atoms with Crippen LogP contribution in [0.25, 0.3) is 0 Å². The molecule has 4 N–H and O–H groups in total. The lowest BCUT2D eigenvalue weighted by atomic mass is 9.88. The first-order chi connectivity index (χ1) is 12.8. The van der Waals surface area contributed by atoms with Crippen LogP contribution in [-0.2, 0) is 9.53 Å². The second-order valence-electron chi connectivity index (χ2n) is 9.45. The van der Waals surface area contributed by atoms with Gasteiger partial charge in [0.15, 0.2) is 0 Å². The maximum Gasteiger partial charge on any atom is 0.318 e. The number of nitrogens with one attached hydrogen (secondary N) is 2. The number of likely N-dealkylation sites (tertiary alicyclic amines) is 1. The monoisotopic (exact) mass is 402 g/mol. The zero-order valence-corrected chi connectivity index (χ0v) is 16.9.